The van der Waals surface area contributed by atoms with E-state index in [-0.39, 0.29) is 0 Å². The minimum Gasteiger partial charge on any atom is -0.493 e. The van der Waals surface area contributed by atoms with Crippen LogP contribution in [0.5, 0.6) is 11.5 Å². The van der Waals surface area contributed by atoms with Crippen LogP contribution in [0.25, 0.3) is 0 Å². The van der Waals surface area contributed by atoms with Gasteiger partial charge in [-0.25, -0.2) is 0 Å². The van der Waals surface area contributed by atoms with Crippen molar-refractivity contribution in [3.05, 3.63) is 57.6 Å². The number of halogens is 1. The molecule has 3 rings (SSSR count). The van der Waals surface area contributed by atoms with Gasteiger partial charge in [0, 0.05) is 19.7 Å². The molecule has 4 nitrogen and oxygen atoms in total. The number of nitrogens with one attached hydrogen (secondary N) is 1. The molecule has 0 aromatic heterocycles. The molecule has 0 saturated carbocycles. The fourth-order valence-electron chi connectivity index (χ4n) is 3.12. The molecule has 5 heteroatoms. The van der Waals surface area contributed by atoms with E-state index in [0.29, 0.717) is 12.7 Å². The first-order chi connectivity index (χ1) is 12.7. The van der Waals surface area contributed by atoms with E-state index in [9.17, 15) is 0 Å². The molecule has 140 valence electrons. The van der Waals surface area contributed by atoms with Gasteiger partial charge < -0.3 is 19.5 Å². The molecule has 1 saturated heterocycles. The van der Waals surface area contributed by atoms with E-state index in [2.05, 4.69) is 46.4 Å². The predicted molar refractivity (Wildman–Crippen MR) is 107 cm³/mol. The van der Waals surface area contributed by atoms with Gasteiger partial charge in [0.25, 0.3) is 0 Å². The fraction of sp³-hybridized carbons (Fsp3) is 0.429. The summed E-state index contributed by atoms with van der Waals surface area (Å²) < 4.78 is 18.2. The summed E-state index contributed by atoms with van der Waals surface area (Å²) in [6.07, 6.45) is 2.65. The molecule has 0 amide bonds. The normalized spacial score (nSPS) is 16.7. The standard InChI is InChI=1S/C21H26BrNO3/c1-15-6-3-4-7-17(15)14-26-21-19(22)10-16(11-20(21)24-2)12-23-13-18-8-5-9-25-18/h3-4,6-7,10-11,18,23H,5,8-9,12-14H2,1-2H3/t18-/m1/s1. The van der Waals surface area contributed by atoms with Crippen molar-refractivity contribution in [3.8, 4) is 11.5 Å². The Morgan fingerprint density at radius 1 is 1.27 bits per heavy atom. The lowest BCUT2D eigenvalue weighted by Gasteiger charge is -2.16. The second-order valence-corrected chi connectivity index (χ2v) is 7.44. The number of hydrogen-bond donors (Lipinski definition) is 1. The second-order valence-electron chi connectivity index (χ2n) is 6.59. The van der Waals surface area contributed by atoms with Crippen LogP contribution in [0.3, 0.4) is 0 Å². The van der Waals surface area contributed by atoms with E-state index < -0.39 is 0 Å². The second kappa shape index (κ2) is 9.40. The van der Waals surface area contributed by atoms with Crippen molar-refractivity contribution in [1.82, 2.24) is 5.32 Å². The highest BCUT2D eigenvalue weighted by atomic mass is 79.9. The maximum Gasteiger partial charge on any atom is 0.175 e. The summed E-state index contributed by atoms with van der Waals surface area (Å²) in [5, 5.41) is 3.46. The van der Waals surface area contributed by atoms with E-state index in [1.165, 1.54) is 17.5 Å². The van der Waals surface area contributed by atoms with Crippen molar-refractivity contribution in [3.63, 3.8) is 0 Å². The summed E-state index contributed by atoms with van der Waals surface area (Å²) in [7, 11) is 1.67. The molecule has 1 aliphatic rings. The average Bonchev–Trinajstić information content (AvgIpc) is 3.15. The van der Waals surface area contributed by atoms with Gasteiger partial charge in [-0.05, 0) is 64.5 Å². The SMILES string of the molecule is COc1cc(CNC[C@H]2CCCO2)cc(Br)c1OCc1ccccc1C. The zero-order valence-corrected chi connectivity index (χ0v) is 17.0. The minimum absolute atomic E-state index is 0.344. The molecule has 0 spiro atoms. The van der Waals surface area contributed by atoms with Crippen LogP contribution < -0.4 is 14.8 Å². The van der Waals surface area contributed by atoms with Crippen molar-refractivity contribution in [1.29, 1.82) is 0 Å². The lowest BCUT2D eigenvalue weighted by atomic mass is 10.1. The summed E-state index contributed by atoms with van der Waals surface area (Å²) in [6.45, 7) is 5.14. The topological polar surface area (TPSA) is 39.7 Å². The molecule has 0 unspecified atom stereocenters. The summed E-state index contributed by atoms with van der Waals surface area (Å²) in [5.41, 5.74) is 3.54. The Bertz CT molecular complexity index is 729. The number of benzene rings is 2. The number of ether oxygens (including phenoxy) is 3. The molecule has 1 heterocycles. The lowest BCUT2D eigenvalue weighted by molar-refractivity contribution is 0.110. The highest BCUT2D eigenvalue weighted by Crippen LogP contribution is 2.37. The smallest absolute Gasteiger partial charge is 0.175 e. The largest absolute Gasteiger partial charge is 0.493 e. The van der Waals surface area contributed by atoms with Gasteiger partial charge in [0.15, 0.2) is 11.5 Å². The minimum atomic E-state index is 0.344. The molecule has 26 heavy (non-hydrogen) atoms. The molecule has 1 aliphatic heterocycles. The van der Waals surface area contributed by atoms with E-state index in [1.54, 1.807) is 7.11 Å². The third-order valence-electron chi connectivity index (χ3n) is 4.65. The van der Waals surface area contributed by atoms with Gasteiger partial charge in [0.2, 0.25) is 0 Å². The molecule has 2 aromatic rings. The van der Waals surface area contributed by atoms with Gasteiger partial charge in [0.05, 0.1) is 17.7 Å². The molecular weight excluding hydrogens is 394 g/mol. The number of methoxy groups -OCH3 is 1. The highest BCUT2D eigenvalue weighted by molar-refractivity contribution is 9.10. The number of rotatable bonds is 8. The Hall–Kier alpha value is -1.56. The maximum absolute atomic E-state index is 6.05. The third-order valence-corrected chi connectivity index (χ3v) is 5.24. The fourth-order valence-corrected chi connectivity index (χ4v) is 3.72. The van der Waals surface area contributed by atoms with Crippen LogP contribution in [0.1, 0.15) is 29.5 Å². The number of hydrogen-bond acceptors (Lipinski definition) is 4. The van der Waals surface area contributed by atoms with E-state index in [0.717, 1.165) is 47.7 Å². The van der Waals surface area contributed by atoms with Gasteiger partial charge in [-0.2, -0.15) is 0 Å². The van der Waals surface area contributed by atoms with Crippen LogP contribution in [0.4, 0.5) is 0 Å². The summed E-state index contributed by atoms with van der Waals surface area (Å²) >= 11 is 3.63. The third kappa shape index (κ3) is 5.00. The molecule has 2 aromatic carbocycles. The first-order valence-electron chi connectivity index (χ1n) is 9.03. The van der Waals surface area contributed by atoms with Crippen LogP contribution in [0, 0.1) is 6.92 Å². The molecule has 1 atom stereocenters. The first-order valence-corrected chi connectivity index (χ1v) is 9.82. The van der Waals surface area contributed by atoms with Crippen LogP contribution in [0.15, 0.2) is 40.9 Å². The molecule has 0 bridgehead atoms. The Morgan fingerprint density at radius 2 is 2.12 bits per heavy atom. The quantitative estimate of drug-likeness (QED) is 0.677. The maximum atomic E-state index is 6.05. The average molecular weight is 420 g/mol. The van der Waals surface area contributed by atoms with Crippen molar-refractivity contribution in [2.45, 2.75) is 39.0 Å². The molecule has 1 fully saturated rings. The summed E-state index contributed by atoms with van der Waals surface area (Å²) in [4.78, 5) is 0. The van der Waals surface area contributed by atoms with Crippen molar-refractivity contribution < 1.29 is 14.2 Å². The monoisotopic (exact) mass is 419 g/mol. The molecule has 0 aliphatic carbocycles. The van der Waals surface area contributed by atoms with Gasteiger partial charge >= 0.3 is 0 Å². The van der Waals surface area contributed by atoms with E-state index in [4.69, 9.17) is 14.2 Å². The zero-order valence-electron chi connectivity index (χ0n) is 15.4. The molecule has 0 radical (unpaired) electrons. The Labute approximate surface area is 164 Å². The van der Waals surface area contributed by atoms with Gasteiger partial charge in [-0.15, -0.1) is 0 Å². The van der Waals surface area contributed by atoms with Crippen LogP contribution in [-0.4, -0.2) is 26.4 Å². The van der Waals surface area contributed by atoms with E-state index in [1.807, 2.05) is 18.2 Å². The number of aryl methyl sites for hydroxylation is 1. The predicted octanol–water partition coefficient (Wildman–Crippen LogP) is 4.61. The van der Waals surface area contributed by atoms with Crippen LogP contribution in [0.2, 0.25) is 0 Å². The Kier molecular flexibility index (Phi) is 6.94. The Morgan fingerprint density at radius 3 is 2.85 bits per heavy atom. The molecule has 1 N–H and O–H groups in total. The zero-order chi connectivity index (χ0) is 18.4. The van der Waals surface area contributed by atoms with E-state index >= 15 is 0 Å². The van der Waals surface area contributed by atoms with Crippen molar-refractivity contribution in [2.24, 2.45) is 0 Å². The van der Waals surface area contributed by atoms with Crippen molar-refractivity contribution in [2.75, 3.05) is 20.3 Å². The summed E-state index contributed by atoms with van der Waals surface area (Å²) in [5.74, 6) is 1.47. The summed E-state index contributed by atoms with van der Waals surface area (Å²) in [6, 6.07) is 12.3. The van der Waals surface area contributed by atoms with Gasteiger partial charge in [-0.1, -0.05) is 24.3 Å². The van der Waals surface area contributed by atoms with Gasteiger partial charge in [-0.3, -0.25) is 0 Å². The first kappa shape index (κ1) is 19.2. The Balaban J connectivity index is 1.63. The highest BCUT2D eigenvalue weighted by Gasteiger charge is 2.16. The van der Waals surface area contributed by atoms with Crippen LogP contribution in [-0.2, 0) is 17.9 Å². The lowest BCUT2D eigenvalue weighted by Crippen LogP contribution is -2.25. The van der Waals surface area contributed by atoms with Crippen molar-refractivity contribution >= 4 is 15.9 Å². The van der Waals surface area contributed by atoms with Gasteiger partial charge in [0.1, 0.15) is 6.61 Å². The molecular formula is C21H26BrNO3. The van der Waals surface area contributed by atoms with Crippen LogP contribution >= 0.6 is 15.9 Å².